The molecule has 0 aromatic carbocycles. The highest BCUT2D eigenvalue weighted by Crippen LogP contribution is 2.12. The highest BCUT2D eigenvalue weighted by Gasteiger charge is 2.02. The lowest BCUT2D eigenvalue weighted by Crippen LogP contribution is -2.12. The van der Waals surface area contributed by atoms with E-state index in [1.807, 2.05) is 13.1 Å². The smallest absolute Gasteiger partial charge is 0.223 e. The number of rotatable bonds is 4. The fraction of sp³-hybridized carbons (Fsp3) is 0.222. The summed E-state index contributed by atoms with van der Waals surface area (Å²) in [6, 6.07) is 3.59. The Kier molecular flexibility index (Phi) is 3.06. The Morgan fingerprint density at radius 2 is 2.12 bits per heavy atom. The minimum absolute atomic E-state index is 0.160. The first-order valence-corrected chi connectivity index (χ1v) is 5.01. The van der Waals surface area contributed by atoms with Gasteiger partial charge < -0.3 is 16.5 Å². The van der Waals surface area contributed by atoms with Crippen molar-refractivity contribution in [1.82, 2.24) is 19.7 Å². The van der Waals surface area contributed by atoms with Gasteiger partial charge in [-0.15, -0.1) is 0 Å². The van der Waals surface area contributed by atoms with Crippen LogP contribution in [0, 0.1) is 0 Å². The summed E-state index contributed by atoms with van der Waals surface area (Å²) in [5.41, 5.74) is 8.99. The van der Waals surface area contributed by atoms with Crippen molar-refractivity contribution in [2.45, 2.75) is 6.54 Å². The number of nitrogen functional groups attached to an aromatic ring is 2. The molecule has 0 aliphatic rings. The average molecular weight is 234 g/mol. The molecular weight excluding hydrogens is 220 g/mol. The van der Waals surface area contributed by atoms with Gasteiger partial charge in [-0.3, -0.25) is 4.68 Å². The molecule has 0 fully saturated rings. The normalized spacial score (nSPS) is 10.2. The molecule has 17 heavy (non-hydrogen) atoms. The molecule has 90 valence electrons. The summed E-state index contributed by atoms with van der Waals surface area (Å²) >= 11 is 0. The Bertz CT molecular complexity index is 505. The number of nitrogens with one attached hydrogen (secondary N) is 2. The van der Waals surface area contributed by atoms with Gasteiger partial charge in [0, 0.05) is 19.3 Å². The number of hydrogen-bond donors (Lipinski definition) is 4. The van der Waals surface area contributed by atoms with Crippen LogP contribution in [0.3, 0.4) is 0 Å². The van der Waals surface area contributed by atoms with E-state index in [0.717, 1.165) is 5.69 Å². The zero-order valence-corrected chi connectivity index (χ0v) is 9.38. The average Bonchev–Trinajstić information content (AvgIpc) is 2.71. The van der Waals surface area contributed by atoms with Gasteiger partial charge in [-0.2, -0.15) is 15.1 Å². The Hall–Kier alpha value is -2.35. The maximum absolute atomic E-state index is 5.54. The van der Waals surface area contributed by atoms with E-state index in [-0.39, 0.29) is 5.95 Å². The molecule has 0 saturated heterocycles. The predicted molar refractivity (Wildman–Crippen MR) is 64.8 cm³/mol. The summed E-state index contributed by atoms with van der Waals surface area (Å²) in [4.78, 5) is 7.93. The molecule has 2 aromatic heterocycles. The third-order valence-corrected chi connectivity index (χ3v) is 2.26. The lowest BCUT2D eigenvalue weighted by atomic mass is 10.4. The van der Waals surface area contributed by atoms with Crippen LogP contribution in [0.4, 0.5) is 17.6 Å². The second-order valence-corrected chi connectivity index (χ2v) is 3.44. The zero-order chi connectivity index (χ0) is 12.3. The first kappa shape index (κ1) is 11.1. The third kappa shape index (κ3) is 2.61. The van der Waals surface area contributed by atoms with Crippen LogP contribution in [-0.4, -0.2) is 19.7 Å². The molecule has 0 spiro atoms. The minimum Gasteiger partial charge on any atom is -0.368 e. The second kappa shape index (κ2) is 4.66. The van der Waals surface area contributed by atoms with E-state index in [1.165, 1.54) is 0 Å². The maximum atomic E-state index is 5.54. The molecule has 0 atom stereocenters. The number of anilines is 3. The van der Waals surface area contributed by atoms with Gasteiger partial charge in [-0.05, 0) is 6.07 Å². The summed E-state index contributed by atoms with van der Waals surface area (Å²) < 4.78 is 1.78. The summed E-state index contributed by atoms with van der Waals surface area (Å²) in [5, 5.41) is 7.18. The Balaban J connectivity index is 2.09. The summed E-state index contributed by atoms with van der Waals surface area (Å²) in [5.74, 6) is 6.49. The van der Waals surface area contributed by atoms with Crippen molar-refractivity contribution in [1.29, 1.82) is 0 Å². The van der Waals surface area contributed by atoms with Crippen LogP contribution >= 0.6 is 0 Å². The molecule has 2 heterocycles. The van der Waals surface area contributed by atoms with Crippen LogP contribution in [0.1, 0.15) is 5.69 Å². The topological polar surface area (TPSA) is 120 Å². The SMILES string of the molecule is Cn1nccc1CNc1cc(NN)nc(N)n1. The van der Waals surface area contributed by atoms with Gasteiger partial charge >= 0.3 is 0 Å². The molecule has 0 amide bonds. The Labute approximate surface area is 98.0 Å². The summed E-state index contributed by atoms with van der Waals surface area (Å²) in [7, 11) is 1.87. The lowest BCUT2D eigenvalue weighted by molar-refractivity contribution is 0.720. The van der Waals surface area contributed by atoms with E-state index in [0.29, 0.717) is 18.2 Å². The van der Waals surface area contributed by atoms with Gasteiger partial charge in [0.15, 0.2) is 0 Å². The highest BCUT2D eigenvalue weighted by atomic mass is 15.3. The van der Waals surface area contributed by atoms with Crippen molar-refractivity contribution < 1.29 is 0 Å². The monoisotopic (exact) mass is 234 g/mol. The predicted octanol–water partition coefficient (Wildman–Crippen LogP) is -0.310. The fourth-order valence-electron chi connectivity index (χ4n) is 1.39. The largest absolute Gasteiger partial charge is 0.368 e. The number of aryl methyl sites for hydroxylation is 1. The van der Waals surface area contributed by atoms with Gasteiger partial charge in [0.1, 0.15) is 11.6 Å². The van der Waals surface area contributed by atoms with Crippen LogP contribution in [0.25, 0.3) is 0 Å². The molecule has 0 saturated carbocycles. The quantitative estimate of drug-likeness (QED) is 0.423. The van der Waals surface area contributed by atoms with Crippen molar-refractivity contribution in [2.75, 3.05) is 16.5 Å². The van der Waals surface area contributed by atoms with Crippen molar-refractivity contribution in [2.24, 2.45) is 12.9 Å². The van der Waals surface area contributed by atoms with Crippen LogP contribution in [0.2, 0.25) is 0 Å². The molecule has 0 aliphatic carbocycles. The van der Waals surface area contributed by atoms with Crippen LogP contribution in [0.5, 0.6) is 0 Å². The van der Waals surface area contributed by atoms with Crippen molar-refractivity contribution in [3.05, 3.63) is 24.0 Å². The van der Waals surface area contributed by atoms with E-state index >= 15 is 0 Å². The number of hydrazine groups is 1. The Morgan fingerprint density at radius 3 is 2.76 bits per heavy atom. The minimum atomic E-state index is 0.160. The number of nitrogens with zero attached hydrogens (tertiary/aromatic N) is 4. The number of nitrogens with two attached hydrogens (primary N) is 2. The lowest BCUT2D eigenvalue weighted by Gasteiger charge is -2.08. The van der Waals surface area contributed by atoms with Crippen molar-refractivity contribution >= 4 is 17.6 Å². The molecule has 0 aliphatic heterocycles. The first-order chi connectivity index (χ1) is 8.19. The van der Waals surface area contributed by atoms with Gasteiger partial charge in [0.25, 0.3) is 0 Å². The van der Waals surface area contributed by atoms with Gasteiger partial charge in [-0.1, -0.05) is 0 Å². The molecule has 8 nitrogen and oxygen atoms in total. The fourth-order valence-corrected chi connectivity index (χ4v) is 1.39. The molecule has 2 rings (SSSR count). The van der Waals surface area contributed by atoms with E-state index in [2.05, 4.69) is 25.8 Å². The molecule has 6 N–H and O–H groups in total. The van der Waals surface area contributed by atoms with E-state index < -0.39 is 0 Å². The van der Waals surface area contributed by atoms with Crippen molar-refractivity contribution in [3.8, 4) is 0 Å². The maximum Gasteiger partial charge on any atom is 0.223 e. The standard InChI is InChI=1S/C9H14N8/c1-17-6(2-3-13-17)5-12-7-4-8(16-11)15-9(10)14-7/h2-4H,5,11H2,1H3,(H4,10,12,14,15,16). The molecule has 2 aromatic rings. The van der Waals surface area contributed by atoms with Gasteiger partial charge in [0.05, 0.1) is 12.2 Å². The second-order valence-electron chi connectivity index (χ2n) is 3.44. The molecule has 0 unspecified atom stereocenters. The van der Waals surface area contributed by atoms with E-state index in [9.17, 15) is 0 Å². The Morgan fingerprint density at radius 1 is 1.35 bits per heavy atom. The van der Waals surface area contributed by atoms with Gasteiger partial charge in [0.2, 0.25) is 5.95 Å². The summed E-state index contributed by atoms with van der Waals surface area (Å²) in [6.45, 7) is 0.594. The van der Waals surface area contributed by atoms with Crippen LogP contribution < -0.4 is 22.3 Å². The zero-order valence-electron chi connectivity index (χ0n) is 9.38. The molecule has 8 heteroatoms. The van der Waals surface area contributed by atoms with Crippen molar-refractivity contribution in [3.63, 3.8) is 0 Å². The van der Waals surface area contributed by atoms with Gasteiger partial charge in [-0.25, -0.2) is 5.84 Å². The molecule has 0 bridgehead atoms. The third-order valence-electron chi connectivity index (χ3n) is 2.26. The van der Waals surface area contributed by atoms with Crippen LogP contribution in [0.15, 0.2) is 18.3 Å². The van der Waals surface area contributed by atoms with E-state index in [4.69, 9.17) is 11.6 Å². The molecule has 0 radical (unpaired) electrons. The number of aromatic nitrogens is 4. The highest BCUT2D eigenvalue weighted by molar-refractivity contribution is 5.50. The summed E-state index contributed by atoms with van der Waals surface area (Å²) in [6.07, 6.45) is 1.73. The molecular formula is C9H14N8. The first-order valence-electron chi connectivity index (χ1n) is 5.01. The van der Waals surface area contributed by atoms with E-state index in [1.54, 1.807) is 16.9 Å². The number of hydrogen-bond acceptors (Lipinski definition) is 7. The van der Waals surface area contributed by atoms with Crippen LogP contribution in [-0.2, 0) is 13.6 Å².